The van der Waals surface area contributed by atoms with E-state index in [1.807, 2.05) is 25.7 Å². The van der Waals surface area contributed by atoms with Gasteiger partial charge in [0.15, 0.2) is 12.5 Å². The Kier molecular flexibility index (Phi) is 4.71. The molecule has 2 rings (SSSR count). The number of rotatable bonds is 5. The first-order chi connectivity index (χ1) is 9.25. The van der Waals surface area contributed by atoms with Crippen molar-refractivity contribution in [2.75, 3.05) is 19.7 Å². The Labute approximate surface area is 119 Å². The van der Waals surface area contributed by atoms with E-state index in [1.54, 1.807) is 0 Å². The lowest BCUT2D eigenvalue weighted by atomic mass is 9.85. The first-order valence-corrected chi connectivity index (χ1v) is 7.30. The Morgan fingerprint density at radius 1 is 1.45 bits per heavy atom. The minimum atomic E-state index is -1.32. The second-order valence-corrected chi connectivity index (χ2v) is 6.77. The summed E-state index contributed by atoms with van der Waals surface area (Å²) in [6.45, 7) is 6.56. The minimum absolute atomic E-state index is 0.0218. The Hall–Kier alpha value is -0.270. The van der Waals surface area contributed by atoms with Gasteiger partial charge >= 0.3 is 0 Å². The summed E-state index contributed by atoms with van der Waals surface area (Å²) in [5.41, 5.74) is -1.60. The number of piperidine rings is 1. The molecule has 2 aliphatic rings. The van der Waals surface area contributed by atoms with Gasteiger partial charge in [0.2, 0.25) is 0 Å². The van der Waals surface area contributed by atoms with E-state index in [9.17, 15) is 9.50 Å². The van der Waals surface area contributed by atoms with Gasteiger partial charge in [0.1, 0.15) is 6.17 Å². The van der Waals surface area contributed by atoms with E-state index in [4.69, 9.17) is 14.6 Å². The van der Waals surface area contributed by atoms with Gasteiger partial charge in [0, 0.05) is 19.7 Å². The molecule has 118 valence electrons. The molecule has 0 radical (unpaired) electrons. The third-order valence-electron chi connectivity index (χ3n) is 3.84. The maximum Gasteiger partial charge on any atom is 0.200 e. The van der Waals surface area contributed by atoms with Crippen LogP contribution in [0.5, 0.6) is 0 Å². The van der Waals surface area contributed by atoms with Crippen molar-refractivity contribution < 1.29 is 24.1 Å². The molecule has 2 aliphatic heterocycles. The zero-order valence-electron chi connectivity index (χ0n) is 12.5. The number of alkyl halides is 1. The lowest BCUT2D eigenvalue weighted by Crippen LogP contribution is -2.54. The summed E-state index contributed by atoms with van der Waals surface area (Å²) in [6.07, 6.45) is -0.738. The van der Waals surface area contributed by atoms with Crippen molar-refractivity contribution in [2.24, 2.45) is 0 Å². The number of nitrogens with zero attached hydrogens (tertiary/aromatic N) is 1. The summed E-state index contributed by atoms with van der Waals surface area (Å²) in [6, 6.07) is 0. The Bertz CT molecular complexity index is 336. The highest BCUT2D eigenvalue weighted by molar-refractivity contribution is 4.96. The van der Waals surface area contributed by atoms with Crippen LogP contribution in [0, 0.1) is 0 Å². The number of epoxide rings is 1. The zero-order chi connectivity index (χ0) is 15.0. The van der Waals surface area contributed by atoms with Gasteiger partial charge in [0.25, 0.3) is 0 Å². The molecule has 0 amide bonds. The first kappa shape index (κ1) is 16.1. The molecule has 4 atom stereocenters. The summed E-state index contributed by atoms with van der Waals surface area (Å²) >= 11 is 0. The van der Waals surface area contributed by atoms with E-state index < -0.39 is 11.8 Å². The predicted molar refractivity (Wildman–Crippen MR) is 71.9 cm³/mol. The molecule has 0 aromatic rings. The Balaban J connectivity index is 1.82. The van der Waals surface area contributed by atoms with Gasteiger partial charge in [0.05, 0.1) is 11.2 Å². The maximum absolute atomic E-state index is 14.2. The van der Waals surface area contributed by atoms with Crippen molar-refractivity contribution in [3.05, 3.63) is 0 Å². The van der Waals surface area contributed by atoms with Crippen LogP contribution in [0.4, 0.5) is 4.39 Å². The van der Waals surface area contributed by atoms with Crippen molar-refractivity contribution in [3.63, 3.8) is 0 Å². The molecule has 2 saturated heterocycles. The van der Waals surface area contributed by atoms with Crippen molar-refractivity contribution in [3.8, 4) is 0 Å². The summed E-state index contributed by atoms with van der Waals surface area (Å²) < 4.78 is 25.3. The van der Waals surface area contributed by atoms with Gasteiger partial charge in [-0.2, -0.15) is 0 Å². The topological polar surface area (TPSA) is 65.5 Å². The van der Waals surface area contributed by atoms with Crippen LogP contribution >= 0.6 is 0 Å². The molecule has 5 nitrogen and oxygen atoms in total. The smallest absolute Gasteiger partial charge is 0.200 e. The molecule has 2 heterocycles. The summed E-state index contributed by atoms with van der Waals surface area (Å²) in [5, 5.41) is 19.1. The number of halogens is 1. The fourth-order valence-electron chi connectivity index (χ4n) is 2.64. The number of aliphatic hydroxyl groups excluding tert-OH is 1. The van der Waals surface area contributed by atoms with Crippen molar-refractivity contribution in [2.45, 2.75) is 69.9 Å². The van der Waals surface area contributed by atoms with Crippen LogP contribution in [-0.2, 0) is 9.47 Å². The van der Waals surface area contributed by atoms with Gasteiger partial charge < -0.3 is 19.7 Å². The van der Waals surface area contributed by atoms with Crippen LogP contribution in [0.3, 0.4) is 0 Å². The third-order valence-corrected chi connectivity index (χ3v) is 3.84. The van der Waals surface area contributed by atoms with Crippen molar-refractivity contribution in [1.82, 2.24) is 4.90 Å². The molecule has 0 aromatic heterocycles. The van der Waals surface area contributed by atoms with Crippen LogP contribution < -0.4 is 0 Å². The number of hydrogen-bond donors (Lipinski definition) is 2. The van der Waals surface area contributed by atoms with Crippen LogP contribution in [0.2, 0.25) is 0 Å². The highest BCUT2D eigenvalue weighted by Crippen LogP contribution is 2.36. The zero-order valence-corrected chi connectivity index (χ0v) is 12.5. The van der Waals surface area contributed by atoms with Crippen LogP contribution in [0.15, 0.2) is 0 Å². The quantitative estimate of drug-likeness (QED) is 0.741. The lowest BCUT2D eigenvalue weighted by Gasteiger charge is -2.40. The van der Waals surface area contributed by atoms with Gasteiger partial charge in [-0.15, -0.1) is 0 Å². The summed E-state index contributed by atoms with van der Waals surface area (Å²) in [4.78, 5) is 1.88. The van der Waals surface area contributed by atoms with Gasteiger partial charge in [-0.25, -0.2) is 4.39 Å². The molecule has 0 bridgehead atoms. The third kappa shape index (κ3) is 3.89. The SMILES string of the molecule is CC(C)(C)OC1OC1N1CCC(O)(CCCO)C(F)C1. The summed E-state index contributed by atoms with van der Waals surface area (Å²) in [5.74, 6) is 0. The molecular formula is C14H26FNO4. The first-order valence-electron chi connectivity index (χ1n) is 7.30. The van der Waals surface area contributed by atoms with E-state index in [-0.39, 0.29) is 31.3 Å². The average molecular weight is 291 g/mol. The Morgan fingerprint density at radius 3 is 2.70 bits per heavy atom. The largest absolute Gasteiger partial charge is 0.396 e. The van der Waals surface area contributed by atoms with E-state index in [0.29, 0.717) is 25.8 Å². The molecule has 4 unspecified atom stereocenters. The second kappa shape index (κ2) is 5.85. The van der Waals surface area contributed by atoms with Crippen molar-refractivity contribution in [1.29, 1.82) is 0 Å². The number of hydrogen-bond acceptors (Lipinski definition) is 5. The number of likely N-dealkylation sites (tertiary alicyclic amines) is 1. The lowest BCUT2D eigenvalue weighted by molar-refractivity contribution is -0.100. The van der Waals surface area contributed by atoms with Gasteiger partial charge in [-0.1, -0.05) is 0 Å². The fraction of sp³-hybridized carbons (Fsp3) is 1.00. The molecule has 0 spiro atoms. The van der Waals surface area contributed by atoms with Crippen LogP contribution in [-0.4, -0.2) is 64.7 Å². The Morgan fingerprint density at radius 2 is 2.15 bits per heavy atom. The second-order valence-electron chi connectivity index (χ2n) is 6.77. The van der Waals surface area contributed by atoms with Crippen LogP contribution in [0.1, 0.15) is 40.0 Å². The predicted octanol–water partition coefficient (Wildman–Crippen LogP) is 1.03. The van der Waals surface area contributed by atoms with E-state index in [0.717, 1.165) is 0 Å². The maximum atomic E-state index is 14.2. The highest BCUT2D eigenvalue weighted by Gasteiger charge is 2.51. The van der Waals surface area contributed by atoms with Crippen molar-refractivity contribution >= 4 is 0 Å². The normalized spacial score (nSPS) is 39.0. The van der Waals surface area contributed by atoms with E-state index in [2.05, 4.69) is 0 Å². The number of ether oxygens (including phenoxy) is 2. The molecule has 0 aromatic carbocycles. The van der Waals surface area contributed by atoms with E-state index in [1.165, 1.54) is 0 Å². The molecule has 0 saturated carbocycles. The summed E-state index contributed by atoms with van der Waals surface area (Å²) in [7, 11) is 0. The standard InChI is InChI=1S/C14H26FNO4/c1-13(2,3)20-12-11(19-12)16-7-6-14(18,5-4-8-17)10(15)9-16/h10-12,17-18H,4-9H2,1-3H3. The fourth-order valence-corrected chi connectivity index (χ4v) is 2.64. The molecule has 2 N–H and O–H groups in total. The molecule has 6 heteroatoms. The van der Waals surface area contributed by atoms with Gasteiger partial charge in [-0.3, -0.25) is 4.90 Å². The molecule has 2 fully saturated rings. The highest BCUT2D eigenvalue weighted by atomic mass is 19.1. The molecular weight excluding hydrogens is 265 g/mol. The molecule has 0 aliphatic carbocycles. The minimum Gasteiger partial charge on any atom is -0.396 e. The van der Waals surface area contributed by atoms with Crippen LogP contribution in [0.25, 0.3) is 0 Å². The van der Waals surface area contributed by atoms with E-state index >= 15 is 0 Å². The molecule has 20 heavy (non-hydrogen) atoms. The average Bonchev–Trinajstić information content (AvgIpc) is 3.07. The van der Waals surface area contributed by atoms with Gasteiger partial charge in [-0.05, 0) is 40.0 Å². The monoisotopic (exact) mass is 291 g/mol. The number of aliphatic hydroxyl groups is 2.